The first-order valence-electron chi connectivity index (χ1n) is 7.09. The predicted molar refractivity (Wildman–Crippen MR) is 91.9 cm³/mol. The molecule has 0 saturated carbocycles. The summed E-state index contributed by atoms with van der Waals surface area (Å²) in [4.78, 5) is 16.9. The SMILES string of the molecule is COc1ccc(N=Cc2c(N)oc3ccc(C)cc3c2=O)cc1. The van der Waals surface area contributed by atoms with E-state index < -0.39 is 0 Å². The van der Waals surface area contributed by atoms with Gasteiger partial charge in [-0.05, 0) is 43.3 Å². The Bertz CT molecular complexity index is 941. The highest BCUT2D eigenvalue weighted by molar-refractivity contribution is 5.92. The van der Waals surface area contributed by atoms with Crippen LogP contribution >= 0.6 is 0 Å². The molecule has 0 atom stereocenters. The quantitative estimate of drug-likeness (QED) is 0.752. The zero-order valence-electron chi connectivity index (χ0n) is 12.9. The van der Waals surface area contributed by atoms with Crippen LogP contribution in [0.15, 0.2) is 56.7 Å². The second-order valence-corrected chi connectivity index (χ2v) is 5.16. The van der Waals surface area contributed by atoms with E-state index in [2.05, 4.69) is 4.99 Å². The van der Waals surface area contributed by atoms with E-state index in [1.165, 1.54) is 6.21 Å². The van der Waals surface area contributed by atoms with Gasteiger partial charge in [0.2, 0.25) is 11.3 Å². The Balaban J connectivity index is 2.05. The topological polar surface area (TPSA) is 77.8 Å². The molecule has 116 valence electrons. The minimum absolute atomic E-state index is 0.0589. The van der Waals surface area contributed by atoms with Crippen LogP contribution in [0.2, 0.25) is 0 Å². The molecule has 0 radical (unpaired) electrons. The Labute approximate surface area is 133 Å². The Hall–Kier alpha value is -3.08. The van der Waals surface area contributed by atoms with E-state index in [0.717, 1.165) is 11.3 Å². The van der Waals surface area contributed by atoms with Gasteiger partial charge in [0.1, 0.15) is 16.9 Å². The Kier molecular flexibility index (Phi) is 3.85. The zero-order valence-corrected chi connectivity index (χ0v) is 12.9. The van der Waals surface area contributed by atoms with Crippen LogP contribution in [0.1, 0.15) is 11.1 Å². The van der Waals surface area contributed by atoms with E-state index >= 15 is 0 Å². The number of ether oxygens (including phenoxy) is 1. The highest BCUT2D eigenvalue weighted by atomic mass is 16.5. The smallest absolute Gasteiger partial charge is 0.203 e. The Morgan fingerprint density at radius 1 is 1.17 bits per heavy atom. The number of rotatable bonds is 3. The molecule has 3 rings (SSSR count). The number of methoxy groups -OCH3 is 1. The summed E-state index contributed by atoms with van der Waals surface area (Å²) in [6.07, 6.45) is 1.44. The van der Waals surface area contributed by atoms with Crippen molar-refractivity contribution in [3.63, 3.8) is 0 Å². The number of nitrogens with zero attached hydrogens (tertiary/aromatic N) is 1. The lowest BCUT2D eigenvalue weighted by Gasteiger charge is -2.03. The zero-order chi connectivity index (χ0) is 16.4. The fraction of sp³-hybridized carbons (Fsp3) is 0.111. The van der Waals surface area contributed by atoms with Crippen LogP contribution in [-0.4, -0.2) is 13.3 Å². The largest absolute Gasteiger partial charge is 0.497 e. The molecule has 5 heteroatoms. The van der Waals surface area contributed by atoms with Crippen LogP contribution in [0.5, 0.6) is 5.75 Å². The summed E-state index contributed by atoms with van der Waals surface area (Å²) in [5.41, 5.74) is 8.06. The maximum absolute atomic E-state index is 12.6. The molecule has 1 heterocycles. The van der Waals surface area contributed by atoms with Gasteiger partial charge in [-0.2, -0.15) is 0 Å². The lowest BCUT2D eigenvalue weighted by Crippen LogP contribution is -2.12. The van der Waals surface area contributed by atoms with Crippen molar-refractivity contribution in [2.75, 3.05) is 12.8 Å². The summed E-state index contributed by atoms with van der Waals surface area (Å²) >= 11 is 0. The van der Waals surface area contributed by atoms with Crippen LogP contribution in [-0.2, 0) is 0 Å². The van der Waals surface area contributed by atoms with E-state index in [1.54, 1.807) is 43.5 Å². The molecule has 3 aromatic rings. The third-order valence-corrected chi connectivity index (χ3v) is 3.52. The maximum atomic E-state index is 12.6. The first-order chi connectivity index (χ1) is 11.1. The molecule has 0 unspecified atom stereocenters. The highest BCUT2D eigenvalue weighted by Gasteiger charge is 2.10. The molecular formula is C18H16N2O3. The third kappa shape index (κ3) is 2.94. The lowest BCUT2D eigenvalue weighted by atomic mass is 10.1. The molecular weight excluding hydrogens is 292 g/mol. The van der Waals surface area contributed by atoms with E-state index in [-0.39, 0.29) is 16.9 Å². The summed E-state index contributed by atoms with van der Waals surface area (Å²) in [7, 11) is 1.60. The molecule has 0 aliphatic rings. The van der Waals surface area contributed by atoms with Gasteiger partial charge in [-0.15, -0.1) is 0 Å². The van der Waals surface area contributed by atoms with Gasteiger partial charge in [-0.1, -0.05) is 11.6 Å². The predicted octanol–water partition coefficient (Wildman–Crippen LogP) is 3.44. The third-order valence-electron chi connectivity index (χ3n) is 3.52. The molecule has 5 nitrogen and oxygen atoms in total. The molecule has 1 aromatic heterocycles. The highest BCUT2D eigenvalue weighted by Crippen LogP contribution is 2.20. The van der Waals surface area contributed by atoms with E-state index in [1.807, 2.05) is 13.0 Å². The normalized spacial score (nSPS) is 11.2. The standard InChI is InChI=1S/C18H16N2O3/c1-11-3-8-16-14(9-11)17(21)15(18(19)23-16)10-20-12-4-6-13(22-2)7-5-12/h3-10H,19H2,1-2H3. The summed E-state index contributed by atoms with van der Waals surface area (Å²) < 4.78 is 10.6. The van der Waals surface area contributed by atoms with Gasteiger partial charge in [-0.25, -0.2) is 0 Å². The minimum Gasteiger partial charge on any atom is -0.497 e. The summed E-state index contributed by atoms with van der Waals surface area (Å²) in [6, 6.07) is 12.6. The van der Waals surface area contributed by atoms with Crippen molar-refractivity contribution in [2.24, 2.45) is 4.99 Å². The number of aliphatic imine (C=N–C) groups is 1. The van der Waals surface area contributed by atoms with E-state index in [4.69, 9.17) is 14.9 Å². The van der Waals surface area contributed by atoms with Crippen molar-refractivity contribution in [1.82, 2.24) is 0 Å². The number of nitrogen functional groups attached to an aromatic ring is 1. The first-order valence-corrected chi connectivity index (χ1v) is 7.09. The average molecular weight is 308 g/mol. The van der Waals surface area contributed by atoms with Gasteiger partial charge in [0.05, 0.1) is 18.2 Å². The monoisotopic (exact) mass is 308 g/mol. The molecule has 0 saturated heterocycles. The second-order valence-electron chi connectivity index (χ2n) is 5.16. The number of hydrogen-bond donors (Lipinski definition) is 1. The van der Waals surface area contributed by atoms with Gasteiger partial charge in [0.25, 0.3) is 0 Å². The number of benzene rings is 2. The number of aryl methyl sites for hydroxylation is 1. The number of fused-ring (bicyclic) bond motifs is 1. The van der Waals surface area contributed by atoms with Crippen molar-refractivity contribution < 1.29 is 9.15 Å². The fourth-order valence-electron chi connectivity index (χ4n) is 2.27. The second kappa shape index (κ2) is 5.96. The van der Waals surface area contributed by atoms with Gasteiger partial charge in [-0.3, -0.25) is 9.79 Å². The molecule has 23 heavy (non-hydrogen) atoms. The minimum atomic E-state index is -0.190. The van der Waals surface area contributed by atoms with Crippen molar-refractivity contribution in [2.45, 2.75) is 6.92 Å². The maximum Gasteiger partial charge on any atom is 0.203 e. The fourth-order valence-corrected chi connectivity index (χ4v) is 2.27. The van der Waals surface area contributed by atoms with Crippen LogP contribution in [0.3, 0.4) is 0 Å². The van der Waals surface area contributed by atoms with Gasteiger partial charge in [0, 0.05) is 6.21 Å². The summed E-state index contributed by atoms with van der Waals surface area (Å²) in [6.45, 7) is 1.92. The molecule has 0 fully saturated rings. The van der Waals surface area contributed by atoms with Gasteiger partial charge in [0.15, 0.2) is 0 Å². The summed E-state index contributed by atoms with van der Waals surface area (Å²) in [5, 5.41) is 0.496. The van der Waals surface area contributed by atoms with Crippen LogP contribution in [0.4, 0.5) is 11.6 Å². The molecule has 2 aromatic carbocycles. The van der Waals surface area contributed by atoms with Crippen LogP contribution in [0.25, 0.3) is 11.0 Å². The number of nitrogens with two attached hydrogens (primary N) is 1. The van der Waals surface area contributed by atoms with Gasteiger partial charge < -0.3 is 14.9 Å². The van der Waals surface area contributed by atoms with Gasteiger partial charge >= 0.3 is 0 Å². The van der Waals surface area contributed by atoms with Crippen molar-refractivity contribution in [3.8, 4) is 5.75 Å². The van der Waals surface area contributed by atoms with Crippen molar-refractivity contribution in [3.05, 3.63) is 63.8 Å². The number of anilines is 1. The average Bonchev–Trinajstić information content (AvgIpc) is 2.56. The molecule has 0 aliphatic carbocycles. The van der Waals surface area contributed by atoms with Crippen LogP contribution in [0, 0.1) is 6.92 Å². The van der Waals surface area contributed by atoms with E-state index in [0.29, 0.717) is 16.7 Å². The molecule has 0 aliphatic heterocycles. The molecule has 0 spiro atoms. The molecule has 0 amide bonds. The molecule has 2 N–H and O–H groups in total. The van der Waals surface area contributed by atoms with Crippen molar-refractivity contribution in [1.29, 1.82) is 0 Å². The van der Waals surface area contributed by atoms with Crippen molar-refractivity contribution >= 4 is 28.8 Å². The summed E-state index contributed by atoms with van der Waals surface area (Å²) in [5.74, 6) is 0.799. The van der Waals surface area contributed by atoms with E-state index in [9.17, 15) is 4.79 Å². The first kappa shape index (κ1) is 14.8. The Morgan fingerprint density at radius 2 is 1.91 bits per heavy atom. The Morgan fingerprint density at radius 3 is 2.61 bits per heavy atom. The number of hydrogen-bond acceptors (Lipinski definition) is 5. The molecule has 0 bridgehead atoms. The van der Waals surface area contributed by atoms with Crippen LogP contribution < -0.4 is 15.9 Å². The lowest BCUT2D eigenvalue weighted by molar-refractivity contribution is 0.415.